The molecule has 1 aliphatic rings. The van der Waals surface area contributed by atoms with Crippen molar-refractivity contribution in [3.8, 4) is 17.1 Å². The van der Waals surface area contributed by atoms with Gasteiger partial charge in [0.15, 0.2) is 0 Å². The van der Waals surface area contributed by atoms with Gasteiger partial charge in [0.2, 0.25) is 0 Å². The van der Waals surface area contributed by atoms with Crippen LogP contribution in [0.3, 0.4) is 0 Å². The summed E-state index contributed by atoms with van der Waals surface area (Å²) in [5.41, 5.74) is 23.5. The third-order valence-corrected chi connectivity index (χ3v) is 23.2. The topological polar surface area (TPSA) is 117 Å². The largest absolute Gasteiger partial charge is 0.496 e. The Balaban J connectivity index is 0.000000384. The summed E-state index contributed by atoms with van der Waals surface area (Å²) in [7, 11) is 1.71. The van der Waals surface area contributed by atoms with Gasteiger partial charge in [0.25, 0.3) is 0 Å². The van der Waals surface area contributed by atoms with Gasteiger partial charge in [-0.1, -0.05) is 286 Å². The van der Waals surface area contributed by atoms with Crippen molar-refractivity contribution in [3.63, 3.8) is 0 Å². The normalized spacial score (nSPS) is 11.9. The minimum absolute atomic E-state index is 0.0209. The van der Waals surface area contributed by atoms with Gasteiger partial charge in [-0.2, -0.15) is 16.4 Å². The molecule has 1 saturated heterocycles. The molecule has 0 aliphatic carbocycles. The third kappa shape index (κ3) is 48.3. The molecule has 135 heavy (non-hydrogen) atoms. The number of aryl methyl sites for hydroxylation is 4. The number of alkyl halides is 1. The van der Waals surface area contributed by atoms with Crippen LogP contribution in [-0.2, 0) is 37.6 Å². The average Bonchev–Trinajstić information content (AvgIpc) is 1.64. The number of methoxy groups -OCH3 is 1. The fourth-order valence-corrected chi connectivity index (χ4v) is 14.9. The molecule has 0 bridgehead atoms. The van der Waals surface area contributed by atoms with Crippen molar-refractivity contribution in [2.45, 2.75) is 331 Å². The molecule has 1 fully saturated rings. The SMILES string of the molecule is CC(C)(C)n1ccc(-c2ccccn2)n1.CC(C)OC(C)c1ccccc1.CC(C)OCc1ccccc1.CC(C)c1ccc(C(C)F)cc1.CC(C)c1ccc(N2CCCCC2)nc1.CC(C)c1ccsc1.CCN(CC)c1ccc(C(C)C)cc1.CCOC(=O)Cc1ccc(C(C)C)cn1.COc1cc(C(C)C)ccc1C.Cc1cccc(C(C)C)c1.Cc1cccc(C)c1C(C)C. The molecule has 0 spiro atoms. The van der Waals surface area contributed by atoms with E-state index in [0.717, 1.165) is 53.9 Å². The molecule has 736 valence electrons. The molecule has 0 N–H and O–H groups in total. The molecule has 2 atom stereocenters. The summed E-state index contributed by atoms with van der Waals surface area (Å²) in [6.07, 6.45) is 11.8. The number of hydrogen-bond donors (Lipinski definition) is 0. The van der Waals surface area contributed by atoms with Gasteiger partial charge in [-0.3, -0.25) is 19.4 Å². The lowest BCUT2D eigenvalue weighted by atomic mass is 9.94. The van der Waals surface area contributed by atoms with E-state index in [9.17, 15) is 9.18 Å². The van der Waals surface area contributed by atoms with Crippen LogP contribution in [0.4, 0.5) is 15.9 Å². The Labute approximate surface area is 823 Å². The summed E-state index contributed by atoms with van der Waals surface area (Å²) in [4.78, 5) is 29.0. The van der Waals surface area contributed by atoms with Gasteiger partial charge >= 0.3 is 5.97 Å². The first-order chi connectivity index (χ1) is 64.0. The number of carbonyl (C=O) groups excluding carboxylic acids is 1. The van der Waals surface area contributed by atoms with Crippen molar-refractivity contribution in [1.29, 1.82) is 0 Å². The summed E-state index contributed by atoms with van der Waals surface area (Å²) >= 11 is 1.77. The molecular weight excluding hydrogens is 1680 g/mol. The van der Waals surface area contributed by atoms with E-state index in [1.165, 1.54) is 116 Å². The Kier molecular flexibility index (Phi) is 57.5. The van der Waals surface area contributed by atoms with E-state index < -0.39 is 6.17 Å². The first-order valence-electron chi connectivity index (χ1n) is 49.6. The maximum atomic E-state index is 12.8. The number of halogens is 1. The smallest absolute Gasteiger partial charge is 0.311 e. The van der Waals surface area contributed by atoms with Crippen LogP contribution in [-0.4, -0.2) is 82.8 Å². The van der Waals surface area contributed by atoms with Crippen LogP contribution in [0.1, 0.15) is 362 Å². The zero-order valence-corrected chi connectivity index (χ0v) is 90.1. The summed E-state index contributed by atoms with van der Waals surface area (Å²) in [5.74, 6) is 6.68. The highest BCUT2D eigenvalue weighted by Gasteiger charge is 2.17. The van der Waals surface area contributed by atoms with Gasteiger partial charge in [0, 0.05) is 56.7 Å². The molecule has 0 saturated carbocycles. The van der Waals surface area contributed by atoms with Crippen LogP contribution in [0.5, 0.6) is 5.75 Å². The number of pyridine rings is 3. The van der Waals surface area contributed by atoms with E-state index in [2.05, 4.69) is 362 Å². The van der Waals surface area contributed by atoms with E-state index >= 15 is 0 Å². The molecule has 13 rings (SSSR count). The summed E-state index contributed by atoms with van der Waals surface area (Å²) in [6, 6.07) is 76.9. The van der Waals surface area contributed by atoms with Crippen LogP contribution >= 0.6 is 11.3 Å². The lowest BCUT2D eigenvalue weighted by Gasteiger charge is -2.27. The van der Waals surface area contributed by atoms with Crippen LogP contribution in [0.15, 0.2) is 260 Å². The van der Waals surface area contributed by atoms with Crippen molar-refractivity contribution < 1.29 is 28.1 Å². The number of esters is 1. The van der Waals surface area contributed by atoms with Crippen LogP contribution in [0, 0.1) is 27.7 Å². The molecular formula is C121H174FN7O5S. The van der Waals surface area contributed by atoms with Crippen molar-refractivity contribution in [2.24, 2.45) is 0 Å². The average molecular weight is 1860 g/mol. The summed E-state index contributed by atoms with van der Waals surface area (Å²) in [6.45, 7) is 73.7. The monoisotopic (exact) mass is 1860 g/mol. The molecule has 14 heteroatoms. The number of ether oxygens (including phenoxy) is 4. The zero-order chi connectivity index (χ0) is 101. The highest BCUT2D eigenvalue weighted by Crippen LogP contribution is 2.29. The van der Waals surface area contributed by atoms with Crippen LogP contribution < -0.4 is 14.5 Å². The first-order valence-corrected chi connectivity index (χ1v) is 50.5. The second-order valence-electron chi connectivity index (χ2n) is 38.5. The van der Waals surface area contributed by atoms with E-state index in [1.807, 2.05) is 134 Å². The number of carbonyl (C=O) groups is 1. The fraction of sp³-hybridized carbons (Fsp3) is 0.463. The summed E-state index contributed by atoms with van der Waals surface area (Å²) < 4.78 is 35.9. The van der Waals surface area contributed by atoms with Gasteiger partial charge < -0.3 is 28.7 Å². The Hall–Kier alpha value is -10.4. The maximum absolute atomic E-state index is 12.8. The number of benzene rings is 7. The summed E-state index contributed by atoms with van der Waals surface area (Å²) in [5, 5.41) is 8.83. The molecule has 2 unspecified atom stereocenters. The van der Waals surface area contributed by atoms with Crippen molar-refractivity contribution in [3.05, 3.63) is 349 Å². The van der Waals surface area contributed by atoms with E-state index in [1.54, 1.807) is 38.5 Å². The van der Waals surface area contributed by atoms with Crippen molar-refractivity contribution in [1.82, 2.24) is 24.7 Å². The fourth-order valence-electron chi connectivity index (χ4n) is 14.1. The van der Waals surface area contributed by atoms with Gasteiger partial charge in [-0.15, -0.1) is 0 Å². The molecule has 0 radical (unpaired) electrons. The van der Waals surface area contributed by atoms with Gasteiger partial charge in [0.1, 0.15) is 23.4 Å². The highest BCUT2D eigenvalue weighted by atomic mass is 32.1. The van der Waals surface area contributed by atoms with Gasteiger partial charge in [-0.25, -0.2) is 9.37 Å². The van der Waals surface area contributed by atoms with E-state index in [-0.39, 0.29) is 24.0 Å². The maximum Gasteiger partial charge on any atom is 0.311 e. The first kappa shape index (κ1) is 119. The number of anilines is 2. The number of thiophene rings is 1. The number of nitrogens with zero attached hydrogens (tertiary/aromatic N) is 7. The zero-order valence-electron chi connectivity index (χ0n) is 89.3. The van der Waals surface area contributed by atoms with E-state index in [4.69, 9.17) is 18.9 Å². The standard InChI is InChI=1S/C13H20N2.C13H21N.C12H15N3.C12H17NO2.C11H15F.2C11H16O.C11H16.C10H14O.C10H14.C7H10S/c1-11(2)12-6-7-13(14-10-12)15-8-4-3-5-9-15;1-5-14(6-2)13-9-7-12(8-10-13)11(3)4;1-12(2,3)15-9-7-11(14-15)10-6-4-5-8-13-10;1-4-15-12(14)7-11-6-5-10(8-13-11)9(2)3;1-8(2)10-4-6-11(7-5-10)9(3)12;1-8(2)10-6-5-9(3)11(7-10)12-4;1-9(2)12-10(3)11-7-5-4-6-8-11;1-8(2)11-9(3)6-5-7-10(11)4;1-9(2)11-8-10-6-4-3-5-7-10;1-8(2)10-6-4-5-9(3)7-10;1-6(2)7-3-4-8-5-7/h6-7,10-11H,3-5,8-9H2,1-2H3;7-11H,5-6H2,1-4H3;4-9H,1-3H3;5-6,8-9H,4,7H2,1-3H3;4-9H,1-3H3;5-8H,1-4H3;4-10H,1-3H3;5-8H,1-4H3;3-7,9H,8H2,1-2H3;4-8H,1-3H3;3-6H,1-2H3. The second-order valence-corrected chi connectivity index (χ2v) is 39.2. The molecule has 12 nitrogen and oxygen atoms in total. The predicted octanol–water partition coefficient (Wildman–Crippen LogP) is 34.0. The van der Waals surface area contributed by atoms with Gasteiger partial charge in [0.05, 0.1) is 62.0 Å². The quantitative estimate of drug-likeness (QED) is 0.0538. The molecule has 1 aliphatic heterocycles. The number of piperidine rings is 1. The molecule has 6 heterocycles. The minimum Gasteiger partial charge on any atom is -0.496 e. The Morgan fingerprint density at radius 3 is 1.37 bits per heavy atom. The lowest BCUT2D eigenvalue weighted by molar-refractivity contribution is -0.142. The molecule has 0 amide bonds. The highest BCUT2D eigenvalue weighted by molar-refractivity contribution is 7.08. The Bertz CT molecular complexity index is 4970. The predicted molar refractivity (Wildman–Crippen MR) is 581 cm³/mol. The minimum atomic E-state index is -0.855. The number of hydrogen-bond acceptors (Lipinski definition) is 12. The second kappa shape index (κ2) is 65.4. The molecule has 7 aromatic carbocycles. The molecule has 5 aromatic heterocycles. The number of rotatable bonds is 24. The Morgan fingerprint density at radius 2 is 0.956 bits per heavy atom. The van der Waals surface area contributed by atoms with Crippen LogP contribution in [0.2, 0.25) is 0 Å². The number of aromatic nitrogens is 5. The molecule has 12 aromatic rings. The Morgan fingerprint density at radius 1 is 0.459 bits per heavy atom. The third-order valence-electron chi connectivity index (χ3n) is 22.5. The van der Waals surface area contributed by atoms with Crippen molar-refractivity contribution in [2.75, 3.05) is 49.7 Å². The lowest BCUT2D eigenvalue weighted by Crippen LogP contribution is -2.30. The van der Waals surface area contributed by atoms with Gasteiger partial charge in [-0.05, 0) is 321 Å². The van der Waals surface area contributed by atoms with E-state index in [0.29, 0.717) is 66.2 Å². The van der Waals surface area contributed by atoms with Crippen molar-refractivity contribution >= 4 is 28.8 Å². The van der Waals surface area contributed by atoms with Crippen LogP contribution in [0.25, 0.3) is 11.4 Å².